The number of ether oxygens (including phenoxy) is 2. The van der Waals surface area contributed by atoms with Crippen molar-refractivity contribution in [3.05, 3.63) is 24.3 Å². The summed E-state index contributed by atoms with van der Waals surface area (Å²) < 4.78 is 37.9. The molecule has 7 heteroatoms. The summed E-state index contributed by atoms with van der Waals surface area (Å²) in [6, 6.07) is 6.40. The zero-order valence-corrected chi connectivity index (χ0v) is 12.1. The highest BCUT2D eigenvalue weighted by Gasteiger charge is 2.37. The van der Waals surface area contributed by atoms with Crippen LogP contribution in [0.1, 0.15) is 12.8 Å². The van der Waals surface area contributed by atoms with Crippen LogP contribution in [-0.2, 0) is 14.8 Å². The van der Waals surface area contributed by atoms with E-state index >= 15 is 0 Å². The van der Waals surface area contributed by atoms with Crippen LogP contribution in [0.15, 0.2) is 29.2 Å². The van der Waals surface area contributed by atoms with Crippen molar-refractivity contribution in [2.24, 2.45) is 0 Å². The maximum atomic E-state index is 12.5. The second-order valence-electron chi connectivity index (χ2n) is 4.81. The Hall–Kier alpha value is -1.15. The molecule has 6 nitrogen and oxygen atoms in total. The van der Waals surface area contributed by atoms with Crippen LogP contribution >= 0.6 is 0 Å². The van der Waals surface area contributed by atoms with Crippen LogP contribution in [0.4, 0.5) is 0 Å². The van der Waals surface area contributed by atoms with E-state index in [1.54, 1.807) is 18.2 Å². The lowest BCUT2D eigenvalue weighted by Crippen LogP contribution is -2.54. The normalized spacial score (nSPS) is 18.7. The van der Waals surface area contributed by atoms with Gasteiger partial charge in [0.1, 0.15) is 10.6 Å². The van der Waals surface area contributed by atoms with Crippen LogP contribution in [-0.4, -0.2) is 46.0 Å². The molecule has 1 aliphatic rings. The molecule has 0 radical (unpaired) electrons. The lowest BCUT2D eigenvalue weighted by molar-refractivity contribution is 0.0222. The van der Waals surface area contributed by atoms with Crippen molar-refractivity contribution < 1.29 is 23.0 Å². The summed E-state index contributed by atoms with van der Waals surface area (Å²) in [6.45, 7) is 0.592. The number of nitrogens with one attached hydrogen (secondary N) is 1. The molecule has 1 fully saturated rings. The van der Waals surface area contributed by atoms with E-state index in [0.717, 1.165) is 0 Å². The first-order valence-electron chi connectivity index (χ1n) is 6.39. The average molecular weight is 301 g/mol. The van der Waals surface area contributed by atoms with Gasteiger partial charge in [0, 0.05) is 13.2 Å². The molecule has 0 amide bonds. The number of hydrogen-bond donors (Lipinski definition) is 2. The molecule has 0 bridgehead atoms. The van der Waals surface area contributed by atoms with Crippen LogP contribution in [0.3, 0.4) is 0 Å². The van der Waals surface area contributed by atoms with E-state index in [-0.39, 0.29) is 17.3 Å². The maximum Gasteiger partial charge on any atom is 0.244 e. The van der Waals surface area contributed by atoms with E-state index in [1.165, 1.54) is 13.2 Å². The Morgan fingerprint density at radius 1 is 1.35 bits per heavy atom. The first-order chi connectivity index (χ1) is 9.53. The van der Waals surface area contributed by atoms with Crippen molar-refractivity contribution in [1.29, 1.82) is 0 Å². The molecule has 1 aliphatic heterocycles. The summed E-state index contributed by atoms with van der Waals surface area (Å²) in [5.74, 6) is 0.278. The number of methoxy groups -OCH3 is 1. The number of benzene rings is 1. The molecule has 20 heavy (non-hydrogen) atoms. The molecule has 1 heterocycles. The minimum atomic E-state index is -3.76. The number of sulfonamides is 1. The molecule has 112 valence electrons. The Kier molecular flexibility index (Phi) is 4.64. The third-order valence-corrected chi connectivity index (χ3v) is 5.08. The van der Waals surface area contributed by atoms with Gasteiger partial charge < -0.3 is 14.6 Å². The predicted octanol–water partition coefficient (Wildman–Crippen LogP) is 0.515. The van der Waals surface area contributed by atoms with Crippen molar-refractivity contribution in [2.45, 2.75) is 23.3 Å². The molecule has 0 unspecified atom stereocenters. The van der Waals surface area contributed by atoms with Gasteiger partial charge in [0.15, 0.2) is 0 Å². The minimum Gasteiger partial charge on any atom is -0.495 e. The summed E-state index contributed by atoms with van der Waals surface area (Å²) in [7, 11) is -2.34. The zero-order chi connectivity index (χ0) is 14.6. The largest absolute Gasteiger partial charge is 0.495 e. The van der Waals surface area contributed by atoms with Gasteiger partial charge in [-0.3, -0.25) is 0 Å². The Morgan fingerprint density at radius 2 is 2.00 bits per heavy atom. The van der Waals surface area contributed by atoms with Gasteiger partial charge in [-0.25, -0.2) is 13.1 Å². The fourth-order valence-electron chi connectivity index (χ4n) is 2.24. The molecule has 1 aromatic rings. The van der Waals surface area contributed by atoms with Gasteiger partial charge in [0.2, 0.25) is 10.0 Å². The van der Waals surface area contributed by atoms with Gasteiger partial charge in [0.05, 0.1) is 19.3 Å². The molecule has 0 aromatic heterocycles. The smallest absolute Gasteiger partial charge is 0.244 e. The second kappa shape index (κ2) is 6.09. The molecular weight excluding hydrogens is 282 g/mol. The standard InChI is InChI=1S/C13H19NO5S/c1-18-11-4-2-3-5-12(11)20(16,17)14-13(10-15)6-8-19-9-7-13/h2-5,14-15H,6-10H2,1H3. The monoisotopic (exact) mass is 301 g/mol. The molecule has 1 saturated heterocycles. The molecule has 0 atom stereocenters. The molecule has 1 aromatic carbocycles. The van der Waals surface area contributed by atoms with Crippen LogP contribution < -0.4 is 9.46 Å². The Bertz CT molecular complexity index is 552. The summed E-state index contributed by atoms with van der Waals surface area (Å²) in [4.78, 5) is 0.0711. The van der Waals surface area contributed by atoms with Gasteiger partial charge in [-0.1, -0.05) is 12.1 Å². The summed E-state index contributed by atoms with van der Waals surface area (Å²) in [5, 5.41) is 9.56. The number of aliphatic hydroxyl groups is 1. The Balaban J connectivity index is 2.30. The minimum absolute atomic E-state index is 0.0711. The summed E-state index contributed by atoms with van der Waals surface area (Å²) >= 11 is 0. The van der Waals surface area contributed by atoms with E-state index in [4.69, 9.17) is 9.47 Å². The lowest BCUT2D eigenvalue weighted by atomic mass is 9.93. The fourth-order valence-corrected chi connectivity index (χ4v) is 3.86. The van der Waals surface area contributed by atoms with Gasteiger partial charge in [-0.15, -0.1) is 0 Å². The van der Waals surface area contributed by atoms with E-state index in [1.807, 2.05) is 0 Å². The first-order valence-corrected chi connectivity index (χ1v) is 7.87. The van der Waals surface area contributed by atoms with Crippen molar-refractivity contribution in [1.82, 2.24) is 4.72 Å². The summed E-state index contributed by atoms with van der Waals surface area (Å²) in [5.41, 5.74) is -0.863. The molecule has 2 N–H and O–H groups in total. The average Bonchev–Trinajstić information content (AvgIpc) is 2.47. The quantitative estimate of drug-likeness (QED) is 0.828. The number of para-hydroxylation sites is 1. The van der Waals surface area contributed by atoms with Crippen molar-refractivity contribution in [3.8, 4) is 5.75 Å². The number of aliphatic hydroxyl groups excluding tert-OH is 1. The van der Waals surface area contributed by atoms with Crippen molar-refractivity contribution >= 4 is 10.0 Å². The third kappa shape index (κ3) is 3.12. The van der Waals surface area contributed by atoms with Gasteiger partial charge in [-0.05, 0) is 25.0 Å². The Morgan fingerprint density at radius 3 is 2.60 bits per heavy atom. The predicted molar refractivity (Wildman–Crippen MR) is 73.2 cm³/mol. The molecule has 0 saturated carbocycles. The molecule has 2 rings (SSSR count). The topological polar surface area (TPSA) is 84.9 Å². The van der Waals surface area contributed by atoms with Gasteiger partial charge in [0.25, 0.3) is 0 Å². The van der Waals surface area contributed by atoms with E-state index in [9.17, 15) is 13.5 Å². The summed E-state index contributed by atoms with van der Waals surface area (Å²) in [6.07, 6.45) is 0.885. The second-order valence-corrected chi connectivity index (χ2v) is 6.46. The highest BCUT2D eigenvalue weighted by Crippen LogP contribution is 2.27. The van der Waals surface area contributed by atoms with Crippen molar-refractivity contribution in [3.63, 3.8) is 0 Å². The van der Waals surface area contributed by atoms with Crippen LogP contribution in [0.2, 0.25) is 0 Å². The highest BCUT2D eigenvalue weighted by atomic mass is 32.2. The third-order valence-electron chi connectivity index (χ3n) is 3.46. The maximum absolute atomic E-state index is 12.5. The molecule has 0 spiro atoms. The first kappa shape index (κ1) is 15.2. The lowest BCUT2D eigenvalue weighted by Gasteiger charge is -2.35. The van der Waals surface area contributed by atoms with E-state index in [2.05, 4.69) is 4.72 Å². The molecular formula is C13H19NO5S. The van der Waals surface area contributed by atoms with Crippen LogP contribution in [0.25, 0.3) is 0 Å². The number of hydrogen-bond acceptors (Lipinski definition) is 5. The fraction of sp³-hybridized carbons (Fsp3) is 0.538. The van der Waals surface area contributed by atoms with E-state index < -0.39 is 15.6 Å². The number of rotatable bonds is 5. The van der Waals surface area contributed by atoms with Gasteiger partial charge in [-0.2, -0.15) is 0 Å². The SMILES string of the molecule is COc1ccccc1S(=O)(=O)NC1(CO)CCOCC1. The van der Waals surface area contributed by atoms with E-state index in [0.29, 0.717) is 26.1 Å². The van der Waals surface area contributed by atoms with Crippen LogP contribution in [0.5, 0.6) is 5.75 Å². The Labute approximate surface area is 118 Å². The highest BCUT2D eigenvalue weighted by molar-refractivity contribution is 7.89. The zero-order valence-electron chi connectivity index (χ0n) is 11.3. The molecule has 0 aliphatic carbocycles. The van der Waals surface area contributed by atoms with Crippen molar-refractivity contribution in [2.75, 3.05) is 26.9 Å². The van der Waals surface area contributed by atoms with Gasteiger partial charge >= 0.3 is 0 Å². The van der Waals surface area contributed by atoms with Crippen LogP contribution in [0, 0.1) is 0 Å².